The van der Waals surface area contributed by atoms with Crippen molar-refractivity contribution >= 4 is 11.4 Å². The van der Waals surface area contributed by atoms with E-state index in [0.717, 1.165) is 36.4 Å². The Bertz CT molecular complexity index is 1280. The molecule has 0 aliphatic rings. The lowest BCUT2D eigenvalue weighted by Crippen LogP contribution is -2.53. The first-order valence-electron chi connectivity index (χ1n) is 10.8. The zero-order chi connectivity index (χ0) is 26.8. The minimum absolute atomic E-state index is 0.156. The van der Waals surface area contributed by atoms with Crippen LogP contribution in [0.2, 0.25) is 0 Å². The van der Waals surface area contributed by atoms with E-state index in [4.69, 9.17) is 20.9 Å². The molecule has 10 heteroatoms. The van der Waals surface area contributed by atoms with E-state index >= 15 is 4.39 Å². The molecule has 37 heavy (non-hydrogen) atoms. The maximum absolute atomic E-state index is 16.5. The summed E-state index contributed by atoms with van der Waals surface area (Å²) in [7, 11) is 0. The second-order valence-corrected chi connectivity index (χ2v) is 8.13. The van der Waals surface area contributed by atoms with Crippen molar-refractivity contribution in [1.29, 1.82) is 0 Å². The summed E-state index contributed by atoms with van der Waals surface area (Å²) in [5.74, 6) is -5.69. The van der Waals surface area contributed by atoms with E-state index in [1.165, 1.54) is 60.7 Å². The van der Waals surface area contributed by atoms with Crippen LogP contribution in [0.4, 0.5) is 37.7 Å². The Balaban J connectivity index is 1.79. The van der Waals surface area contributed by atoms with Crippen LogP contribution >= 0.6 is 0 Å². The SMILES string of the molecule is Nc1ccc(Oc2cccc(C(F)(c3cccc(Oc4ccc(N)cc4)c3)C(F)(F)C(F)(F)F)c2)cc1. The summed E-state index contributed by atoms with van der Waals surface area (Å²) >= 11 is 0. The number of anilines is 2. The predicted molar refractivity (Wildman–Crippen MR) is 128 cm³/mol. The maximum atomic E-state index is 16.5. The second-order valence-electron chi connectivity index (χ2n) is 8.13. The van der Waals surface area contributed by atoms with Gasteiger partial charge in [-0.25, -0.2) is 4.39 Å². The monoisotopic (exact) mass is 518 g/mol. The number of ether oxygens (including phenoxy) is 2. The van der Waals surface area contributed by atoms with E-state index in [-0.39, 0.29) is 23.0 Å². The van der Waals surface area contributed by atoms with Crippen LogP contribution in [-0.2, 0) is 5.67 Å². The lowest BCUT2D eigenvalue weighted by Gasteiger charge is -2.35. The van der Waals surface area contributed by atoms with Gasteiger partial charge in [-0.2, -0.15) is 22.0 Å². The molecule has 4 rings (SSSR count). The van der Waals surface area contributed by atoms with Crippen molar-refractivity contribution in [3.63, 3.8) is 0 Å². The minimum Gasteiger partial charge on any atom is -0.457 e. The van der Waals surface area contributed by atoms with E-state index < -0.39 is 28.9 Å². The zero-order valence-corrected chi connectivity index (χ0v) is 19.0. The summed E-state index contributed by atoms with van der Waals surface area (Å²) in [6.45, 7) is 0. The predicted octanol–water partition coefficient (Wildman–Crippen LogP) is 7.85. The molecule has 0 bridgehead atoms. The molecule has 0 saturated heterocycles. The van der Waals surface area contributed by atoms with Crippen LogP contribution in [0.1, 0.15) is 11.1 Å². The third-order valence-electron chi connectivity index (χ3n) is 5.48. The summed E-state index contributed by atoms with van der Waals surface area (Å²) in [5.41, 5.74) is 5.82. The second kappa shape index (κ2) is 9.61. The standard InChI is InChI=1S/C27H20F6N2O2/c28-25(26(29,30)27(31,32)33,17-3-1-5-23(15-17)36-21-11-7-19(34)8-12-21)18-4-2-6-24(16-18)37-22-13-9-20(35)10-14-22/h1-16H,34-35H2. The van der Waals surface area contributed by atoms with Crippen LogP contribution in [-0.4, -0.2) is 12.1 Å². The van der Waals surface area contributed by atoms with Crippen molar-refractivity contribution in [2.45, 2.75) is 17.8 Å². The fraction of sp³-hybridized carbons (Fsp3) is 0.111. The van der Waals surface area contributed by atoms with Crippen molar-refractivity contribution in [1.82, 2.24) is 0 Å². The van der Waals surface area contributed by atoms with Gasteiger partial charge in [-0.1, -0.05) is 24.3 Å². The average Bonchev–Trinajstić information content (AvgIpc) is 2.86. The quantitative estimate of drug-likeness (QED) is 0.193. The van der Waals surface area contributed by atoms with E-state index in [0.29, 0.717) is 11.4 Å². The number of nitrogens with two attached hydrogens (primary N) is 2. The van der Waals surface area contributed by atoms with Gasteiger partial charge in [0.15, 0.2) is 0 Å². The Morgan fingerprint density at radius 2 is 0.865 bits per heavy atom. The van der Waals surface area contributed by atoms with Crippen LogP contribution in [0, 0.1) is 0 Å². The molecule has 4 aromatic carbocycles. The first-order chi connectivity index (χ1) is 17.4. The normalized spacial score (nSPS) is 12.3. The molecule has 0 radical (unpaired) electrons. The number of halogens is 6. The maximum Gasteiger partial charge on any atom is 0.457 e. The van der Waals surface area contributed by atoms with Crippen LogP contribution < -0.4 is 20.9 Å². The number of hydrogen-bond donors (Lipinski definition) is 2. The fourth-order valence-electron chi connectivity index (χ4n) is 3.62. The van der Waals surface area contributed by atoms with Crippen molar-refractivity contribution < 1.29 is 35.8 Å². The van der Waals surface area contributed by atoms with Crippen molar-refractivity contribution in [3.8, 4) is 23.0 Å². The molecule has 0 aliphatic heterocycles. The number of hydrogen-bond acceptors (Lipinski definition) is 4. The third-order valence-corrected chi connectivity index (χ3v) is 5.48. The Morgan fingerprint density at radius 1 is 0.486 bits per heavy atom. The molecule has 0 aromatic heterocycles. The van der Waals surface area contributed by atoms with Crippen LogP contribution in [0.25, 0.3) is 0 Å². The summed E-state index contributed by atoms with van der Waals surface area (Å²) in [6, 6.07) is 20.0. The Labute approximate surface area is 208 Å². The fourth-order valence-corrected chi connectivity index (χ4v) is 3.62. The smallest absolute Gasteiger partial charge is 0.457 e. The molecular weight excluding hydrogens is 498 g/mol. The minimum atomic E-state index is -6.22. The van der Waals surface area contributed by atoms with Crippen LogP contribution in [0.15, 0.2) is 97.1 Å². The van der Waals surface area contributed by atoms with E-state index in [1.54, 1.807) is 0 Å². The number of alkyl halides is 6. The molecule has 0 aliphatic carbocycles. The summed E-state index contributed by atoms with van der Waals surface area (Å²) in [4.78, 5) is 0. The molecule has 0 heterocycles. The van der Waals surface area contributed by atoms with Gasteiger partial charge >= 0.3 is 12.1 Å². The average molecular weight is 518 g/mol. The van der Waals surface area contributed by atoms with Gasteiger partial charge in [0.25, 0.3) is 0 Å². The van der Waals surface area contributed by atoms with Gasteiger partial charge in [0.05, 0.1) is 0 Å². The van der Waals surface area contributed by atoms with E-state index in [9.17, 15) is 22.0 Å². The van der Waals surface area contributed by atoms with Gasteiger partial charge in [-0.3, -0.25) is 0 Å². The van der Waals surface area contributed by atoms with Gasteiger partial charge in [-0.05, 0) is 72.8 Å². The van der Waals surface area contributed by atoms with Crippen molar-refractivity contribution in [2.75, 3.05) is 11.5 Å². The molecule has 0 spiro atoms. The van der Waals surface area contributed by atoms with Crippen LogP contribution in [0.3, 0.4) is 0 Å². The first-order valence-corrected chi connectivity index (χ1v) is 10.8. The Hall–Kier alpha value is -4.34. The summed E-state index contributed by atoms with van der Waals surface area (Å²) in [5, 5.41) is 0. The Morgan fingerprint density at radius 3 is 1.22 bits per heavy atom. The number of benzene rings is 4. The molecule has 0 atom stereocenters. The number of nitrogen functional groups attached to an aromatic ring is 2. The van der Waals surface area contributed by atoms with Gasteiger partial charge < -0.3 is 20.9 Å². The van der Waals surface area contributed by atoms with E-state index in [1.807, 2.05) is 0 Å². The summed E-state index contributed by atoms with van der Waals surface area (Å²) < 4.78 is 98.2. The molecule has 0 amide bonds. The van der Waals surface area contributed by atoms with Gasteiger partial charge in [0.2, 0.25) is 5.67 Å². The molecule has 0 unspecified atom stereocenters. The lowest BCUT2D eigenvalue weighted by atomic mass is 9.82. The molecule has 192 valence electrons. The summed E-state index contributed by atoms with van der Waals surface area (Å²) in [6.07, 6.45) is -6.22. The van der Waals surface area contributed by atoms with Gasteiger partial charge in [0.1, 0.15) is 23.0 Å². The van der Waals surface area contributed by atoms with Crippen LogP contribution in [0.5, 0.6) is 23.0 Å². The topological polar surface area (TPSA) is 70.5 Å². The van der Waals surface area contributed by atoms with Gasteiger partial charge in [0, 0.05) is 22.5 Å². The highest BCUT2D eigenvalue weighted by Crippen LogP contribution is 2.55. The largest absolute Gasteiger partial charge is 0.457 e. The highest BCUT2D eigenvalue weighted by Gasteiger charge is 2.72. The molecule has 0 fully saturated rings. The molecule has 4 aromatic rings. The Kier molecular flexibility index (Phi) is 6.68. The molecule has 0 saturated carbocycles. The molecular formula is C27H20F6N2O2. The van der Waals surface area contributed by atoms with Crippen molar-refractivity contribution in [3.05, 3.63) is 108 Å². The highest BCUT2D eigenvalue weighted by molar-refractivity contribution is 5.48. The zero-order valence-electron chi connectivity index (χ0n) is 19.0. The third kappa shape index (κ3) is 5.13. The van der Waals surface area contributed by atoms with Crippen molar-refractivity contribution in [2.24, 2.45) is 0 Å². The lowest BCUT2D eigenvalue weighted by molar-refractivity contribution is -0.323. The highest BCUT2D eigenvalue weighted by atomic mass is 19.4. The molecule has 4 nitrogen and oxygen atoms in total. The first kappa shape index (κ1) is 25.7. The van der Waals surface area contributed by atoms with Gasteiger partial charge in [-0.15, -0.1) is 0 Å². The molecule has 4 N–H and O–H groups in total. The number of rotatable bonds is 7. The van der Waals surface area contributed by atoms with E-state index in [2.05, 4.69) is 0 Å².